The first-order chi connectivity index (χ1) is 12.6. The van der Waals surface area contributed by atoms with Crippen LogP contribution < -0.4 is 4.74 Å². The summed E-state index contributed by atoms with van der Waals surface area (Å²) >= 11 is 2.08. The molecule has 1 rings (SSSR count). The summed E-state index contributed by atoms with van der Waals surface area (Å²) in [6.45, 7) is 6.86. The molecule has 0 N–H and O–H groups in total. The lowest BCUT2D eigenvalue weighted by Gasteiger charge is -2.29. The van der Waals surface area contributed by atoms with Gasteiger partial charge in [0, 0.05) is 7.11 Å². The topological polar surface area (TPSA) is 18.5 Å². The molecule has 0 aliphatic rings. The van der Waals surface area contributed by atoms with Gasteiger partial charge >= 0.3 is 0 Å². The Morgan fingerprint density at radius 2 is 1.77 bits per heavy atom. The third-order valence-electron chi connectivity index (χ3n) is 5.38. The van der Waals surface area contributed by atoms with Gasteiger partial charge in [0.2, 0.25) is 0 Å². The molecular weight excluding hydrogens is 340 g/mol. The summed E-state index contributed by atoms with van der Waals surface area (Å²) in [5.41, 5.74) is 1.47. The van der Waals surface area contributed by atoms with E-state index in [2.05, 4.69) is 63.2 Å². The van der Waals surface area contributed by atoms with Gasteiger partial charge in [-0.05, 0) is 73.1 Å². The highest BCUT2D eigenvalue weighted by molar-refractivity contribution is 7.99. The first-order valence-corrected chi connectivity index (χ1v) is 11.3. The van der Waals surface area contributed by atoms with E-state index in [9.17, 15) is 0 Å². The Balaban J connectivity index is 2.38. The van der Waals surface area contributed by atoms with Gasteiger partial charge in [0.15, 0.2) is 0 Å². The molecule has 0 saturated carbocycles. The fourth-order valence-electron chi connectivity index (χ4n) is 3.18. The maximum atomic E-state index is 5.71. The maximum absolute atomic E-state index is 5.71. The van der Waals surface area contributed by atoms with Crippen LogP contribution in [0, 0.1) is 6.42 Å². The summed E-state index contributed by atoms with van der Waals surface area (Å²) in [7, 11) is 3.57. The smallest absolute Gasteiger partial charge is 0.118 e. The monoisotopic (exact) mass is 379 g/mol. The normalized spacial score (nSPS) is 14.8. The SMILES string of the molecule is CCCCCSCCC(CC[CH]C(C)(CC)c1ccc(OC)cc1)OC. The van der Waals surface area contributed by atoms with Crippen LogP contribution in [-0.2, 0) is 10.2 Å². The van der Waals surface area contributed by atoms with Gasteiger partial charge in [-0.15, -0.1) is 0 Å². The molecule has 26 heavy (non-hydrogen) atoms. The van der Waals surface area contributed by atoms with Crippen molar-refractivity contribution in [3.8, 4) is 5.75 Å². The standard InChI is InChI=1S/C23H39O2S/c1-6-8-9-18-26-19-16-21(24-4)11-10-17-23(3,7-2)20-12-14-22(25-5)15-13-20/h12-15,17,21H,6-11,16,18-19H2,1-5H3. The van der Waals surface area contributed by atoms with Gasteiger partial charge in [0.1, 0.15) is 5.75 Å². The van der Waals surface area contributed by atoms with Crippen molar-refractivity contribution in [3.05, 3.63) is 36.2 Å². The summed E-state index contributed by atoms with van der Waals surface area (Å²) in [5.74, 6) is 3.43. The van der Waals surface area contributed by atoms with Crippen molar-refractivity contribution >= 4 is 11.8 Å². The van der Waals surface area contributed by atoms with Crippen LogP contribution in [0.1, 0.15) is 71.3 Å². The highest BCUT2D eigenvalue weighted by atomic mass is 32.2. The molecule has 1 aromatic rings. The Bertz CT molecular complexity index is 460. The Labute approximate surface area is 166 Å². The molecule has 0 spiro atoms. The van der Waals surface area contributed by atoms with Gasteiger partial charge in [-0.25, -0.2) is 0 Å². The minimum Gasteiger partial charge on any atom is -0.497 e. The van der Waals surface area contributed by atoms with Gasteiger partial charge < -0.3 is 9.47 Å². The second-order valence-electron chi connectivity index (χ2n) is 7.25. The fourth-order valence-corrected chi connectivity index (χ4v) is 4.22. The number of ether oxygens (including phenoxy) is 2. The number of hydrogen-bond donors (Lipinski definition) is 0. The first-order valence-electron chi connectivity index (χ1n) is 10.2. The highest BCUT2D eigenvalue weighted by Crippen LogP contribution is 2.33. The van der Waals surface area contributed by atoms with E-state index in [4.69, 9.17) is 9.47 Å². The molecule has 0 aromatic heterocycles. The molecule has 0 aliphatic heterocycles. The number of benzene rings is 1. The molecule has 0 aliphatic carbocycles. The maximum Gasteiger partial charge on any atom is 0.118 e. The molecule has 149 valence electrons. The van der Waals surface area contributed by atoms with Gasteiger partial charge in [-0.3, -0.25) is 0 Å². The zero-order valence-electron chi connectivity index (χ0n) is 17.6. The number of hydrogen-bond acceptors (Lipinski definition) is 3. The van der Waals surface area contributed by atoms with Crippen LogP contribution in [0.25, 0.3) is 0 Å². The number of methoxy groups -OCH3 is 2. The van der Waals surface area contributed by atoms with Crippen molar-refractivity contribution in [1.82, 2.24) is 0 Å². The third-order valence-corrected chi connectivity index (χ3v) is 6.48. The second-order valence-corrected chi connectivity index (χ2v) is 8.47. The van der Waals surface area contributed by atoms with Crippen LogP contribution in [0.3, 0.4) is 0 Å². The lowest BCUT2D eigenvalue weighted by atomic mass is 9.76. The molecular formula is C23H39O2S. The Kier molecular flexibility index (Phi) is 12.1. The van der Waals surface area contributed by atoms with Crippen LogP contribution >= 0.6 is 11.8 Å². The second kappa shape index (κ2) is 13.5. The van der Waals surface area contributed by atoms with E-state index in [-0.39, 0.29) is 5.41 Å². The minimum atomic E-state index is 0.111. The summed E-state index contributed by atoms with van der Waals surface area (Å²) in [6, 6.07) is 8.51. The molecule has 1 radical (unpaired) electrons. The van der Waals surface area contributed by atoms with Gasteiger partial charge in [-0.1, -0.05) is 45.7 Å². The van der Waals surface area contributed by atoms with Crippen LogP contribution in [0.5, 0.6) is 5.75 Å². The average molecular weight is 380 g/mol. The molecule has 1 aromatic carbocycles. The minimum absolute atomic E-state index is 0.111. The van der Waals surface area contributed by atoms with Gasteiger partial charge in [-0.2, -0.15) is 11.8 Å². The number of thioether (sulfide) groups is 1. The molecule has 0 amide bonds. The first kappa shape index (κ1) is 23.4. The molecule has 0 heterocycles. The van der Waals surface area contributed by atoms with Gasteiger partial charge in [0.25, 0.3) is 0 Å². The van der Waals surface area contributed by atoms with E-state index in [1.54, 1.807) is 7.11 Å². The summed E-state index contributed by atoms with van der Waals surface area (Å²) in [5, 5.41) is 0. The van der Waals surface area contributed by atoms with Crippen molar-refractivity contribution in [3.63, 3.8) is 0 Å². The Hall–Kier alpha value is -0.670. The third kappa shape index (κ3) is 8.35. The van der Waals surface area contributed by atoms with Crippen molar-refractivity contribution in [2.75, 3.05) is 25.7 Å². The number of rotatable bonds is 15. The largest absolute Gasteiger partial charge is 0.497 e. The summed E-state index contributed by atoms with van der Waals surface area (Å²) in [6.07, 6.45) is 11.3. The molecule has 0 saturated heterocycles. The quantitative estimate of drug-likeness (QED) is 0.317. The molecule has 2 unspecified atom stereocenters. The van der Waals surface area contributed by atoms with E-state index < -0.39 is 0 Å². The zero-order valence-corrected chi connectivity index (χ0v) is 18.4. The van der Waals surface area contributed by atoms with Crippen molar-refractivity contribution < 1.29 is 9.47 Å². The summed E-state index contributed by atoms with van der Waals surface area (Å²) < 4.78 is 11.0. The van der Waals surface area contributed by atoms with Crippen LogP contribution in [0.2, 0.25) is 0 Å². The molecule has 2 nitrogen and oxygen atoms in total. The number of unbranched alkanes of at least 4 members (excludes halogenated alkanes) is 2. The molecule has 2 atom stereocenters. The van der Waals surface area contributed by atoms with Crippen LogP contribution in [-0.4, -0.2) is 31.8 Å². The predicted molar refractivity (Wildman–Crippen MR) is 116 cm³/mol. The Morgan fingerprint density at radius 1 is 1.04 bits per heavy atom. The van der Waals surface area contributed by atoms with E-state index in [1.165, 1.54) is 36.3 Å². The van der Waals surface area contributed by atoms with Crippen molar-refractivity contribution in [1.29, 1.82) is 0 Å². The van der Waals surface area contributed by atoms with Crippen LogP contribution in [0.15, 0.2) is 24.3 Å². The summed E-state index contributed by atoms with van der Waals surface area (Å²) in [4.78, 5) is 0. The van der Waals surface area contributed by atoms with E-state index >= 15 is 0 Å². The Morgan fingerprint density at radius 3 is 2.35 bits per heavy atom. The lowest BCUT2D eigenvalue weighted by Crippen LogP contribution is -2.23. The van der Waals surface area contributed by atoms with Crippen molar-refractivity contribution in [2.45, 2.75) is 77.2 Å². The van der Waals surface area contributed by atoms with Gasteiger partial charge in [0.05, 0.1) is 13.2 Å². The zero-order chi connectivity index (χ0) is 19.3. The predicted octanol–water partition coefficient (Wildman–Crippen LogP) is 6.68. The fraction of sp³-hybridized carbons (Fsp3) is 0.696. The highest BCUT2D eigenvalue weighted by Gasteiger charge is 2.25. The lowest BCUT2D eigenvalue weighted by molar-refractivity contribution is 0.0923. The van der Waals surface area contributed by atoms with E-state index in [0.29, 0.717) is 6.10 Å². The molecule has 0 fully saturated rings. The van der Waals surface area contributed by atoms with E-state index in [1.807, 2.05) is 7.11 Å². The molecule has 3 heteroatoms. The van der Waals surface area contributed by atoms with Crippen molar-refractivity contribution in [2.24, 2.45) is 0 Å². The van der Waals surface area contributed by atoms with Crippen LogP contribution in [0.4, 0.5) is 0 Å². The average Bonchev–Trinajstić information content (AvgIpc) is 2.69. The van der Waals surface area contributed by atoms with E-state index in [0.717, 1.165) is 31.4 Å². The molecule has 0 bridgehead atoms.